The van der Waals surface area contributed by atoms with Gasteiger partial charge in [-0.3, -0.25) is 9.89 Å². The molecule has 0 aliphatic carbocycles. The Bertz CT molecular complexity index is 995. The molecule has 1 unspecified atom stereocenters. The number of H-pyrrole nitrogens is 1. The molecule has 0 spiro atoms. The van der Waals surface area contributed by atoms with Crippen LogP contribution in [0.4, 0.5) is 5.69 Å². The molecule has 1 aromatic carbocycles. The van der Waals surface area contributed by atoms with Gasteiger partial charge in [0, 0.05) is 44.5 Å². The Morgan fingerprint density at radius 2 is 2.07 bits per heavy atom. The van der Waals surface area contributed by atoms with Crippen LogP contribution in [0.3, 0.4) is 0 Å². The zero-order valence-electron chi connectivity index (χ0n) is 16.0. The number of carbonyl (C=O) groups is 1. The van der Waals surface area contributed by atoms with E-state index < -0.39 is 0 Å². The van der Waals surface area contributed by atoms with E-state index in [-0.39, 0.29) is 12.0 Å². The number of nitrogens with zero attached hydrogens (tertiary/aromatic N) is 5. The van der Waals surface area contributed by atoms with Crippen LogP contribution in [0.15, 0.2) is 36.8 Å². The molecule has 0 saturated carbocycles. The van der Waals surface area contributed by atoms with Crippen molar-refractivity contribution in [2.45, 2.75) is 12.5 Å². The second kappa shape index (κ2) is 7.67. The van der Waals surface area contributed by atoms with Crippen LogP contribution < -0.4 is 9.64 Å². The molecule has 2 fully saturated rings. The van der Waals surface area contributed by atoms with Crippen LogP contribution in [0.5, 0.6) is 5.88 Å². The number of ether oxygens (including phenoxy) is 2. The maximum atomic E-state index is 12.5. The highest BCUT2D eigenvalue weighted by molar-refractivity contribution is 5.92. The summed E-state index contributed by atoms with van der Waals surface area (Å²) >= 11 is 0. The molecular weight excluding hydrogens is 372 g/mol. The van der Waals surface area contributed by atoms with E-state index in [4.69, 9.17) is 9.47 Å². The third-order valence-corrected chi connectivity index (χ3v) is 5.41. The fourth-order valence-corrected chi connectivity index (χ4v) is 3.79. The van der Waals surface area contributed by atoms with Gasteiger partial charge in [-0.1, -0.05) is 0 Å². The van der Waals surface area contributed by atoms with E-state index >= 15 is 0 Å². The molecule has 3 aromatic rings. The smallest absolute Gasteiger partial charge is 0.271 e. The van der Waals surface area contributed by atoms with Crippen LogP contribution in [0.1, 0.15) is 16.9 Å². The highest BCUT2D eigenvalue weighted by Gasteiger charge is 2.24. The van der Waals surface area contributed by atoms with Gasteiger partial charge in [0.2, 0.25) is 5.88 Å². The Hall–Kier alpha value is -3.20. The van der Waals surface area contributed by atoms with Gasteiger partial charge >= 0.3 is 0 Å². The van der Waals surface area contributed by atoms with Crippen molar-refractivity contribution in [3.63, 3.8) is 0 Å². The molecule has 2 aromatic heterocycles. The van der Waals surface area contributed by atoms with Crippen molar-refractivity contribution in [2.24, 2.45) is 0 Å². The molecule has 0 radical (unpaired) electrons. The number of aromatic amines is 1. The number of piperazine rings is 1. The molecule has 29 heavy (non-hydrogen) atoms. The number of hydrogen-bond acceptors (Lipinski definition) is 7. The van der Waals surface area contributed by atoms with Gasteiger partial charge in [-0.15, -0.1) is 0 Å². The highest BCUT2D eigenvalue weighted by atomic mass is 16.5. The summed E-state index contributed by atoms with van der Waals surface area (Å²) in [5.41, 5.74) is 2.46. The number of fused-ring (bicyclic) bond motifs is 1. The van der Waals surface area contributed by atoms with Crippen molar-refractivity contribution < 1.29 is 14.3 Å². The lowest BCUT2D eigenvalue weighted by atomic mass is 10.1. The van der Waals surface area contributed by atoms with E-state index in [2.05, 4.69) is 37.2 Å². The summed E-state index contributed by atoms with van der Waals surface area (Å²) in [5.74, 6) is 0.587. The van der Waals surface area contributed by atoms with Gasteiger partial charge in [-0.2, -0.15) is 5.10 Å². The van der Waals surface area contributed by atoms with E-state index in [0.717, 1.165) is 42.7 Å². The lowest BCUT2D eigenvalue weighted by molar-refractivity contribution is 0.0741. The van der Waals surface area contributed by atoms with Gasteiger partial charge in [-0.25, -0.2) is 9.97 Å². The summed E-state index contributed by atoms with van der Waals surface area (Å²) in [6, 6.07) is 7.83. The van der Waals surface area contributed by atoms with Crippen molar-refractivity contribution in [2.75, 3.05) is 44.3 Å². The first-order valence-electron chi connectivity index (χ1n) is 9.81. The Kier molecular flexibility index (Phi) is 4.73. The Balaban J connectivity index is 1.32. The lowest BCUT2D eigenvalue weighted by Gasteiger charge is -2.36. The Labute approximate surface area is 167 Å². The van der Waals surface area contributed by atoms with Crippen molar-refractivity contribution in [1.29, 1.82) is 0 Å². The summed E-state index contributed by atoms with van der Waals surface area (Å²) in [4.78, 5) is 25.3. The average molecular weight is 394 g/mol. The SMILES string of the molecule is O=C(c1ccn[nH]1)N1CCN(c2ccc3ncnc(OC4CCOC4)c3c2)CC1. The van der Waals surface area contributed by atoms with Crippen LogP contribution in [0, 0.1) is 0 Å². The fourth-order valence-electron chi connectivity index (χ4n) is 3.79. The number of aromatic nitrogens is 4. The molecule has 2 saturated heterocycles. The number of hydrogen-bond donors (Lipinski definition) is 1. The first-order chi connectivity index (χ1) is 14.3. The molecule has 2 aliphatic rings. The molecular formula is C20H22N6O3. The number of carbonyl (C=O) groups excluding carboxylic acids is 1. The van der Waals surface area contributed by atoms with Crippen molar-refractivity contribution in [1.82, 2.24) is 25.1 Å². The standard InChI is InChI=1S/C20H22N6O3/c27-20(18-3-5-23-24-18)26-8-6-25(7-9-26)14-1-2-17-16(11-14)19(22-13-21-17)29-15-4-10-28-12-15/h1-3,5,11,13,15H,4,6-10,12H2,(H,23,24). The molecule has 1 N–H and O–H groups in total. The monoisotopic (exact) mass is 394 g/mol. The number of nitrogens with one attached hydrogen (secondary N) is 1. The van der Waals surface area contributed by atoms with Gasteiger partial charge in [0.15, 0.2) is 0 Å². The van der Waals surface area contributed by atoms with Gasteiger partial charge in [-0.05, 0) is 24.3 Å². The van der Waals surface area contributed by atoms with Crippen LogP contribution in [-0.2, 0) is 4.74 Å². The molecule has 1 amide bonds. The van der Waals surface area contributed by atoms with Gasteiger partial charge in [0.1, 0.15) is 18.1 Å². The van der Waals surface area contributed by atoms with Crippen LogP contribution >= 0.6 is 0 Å². The van der Waals surface area contributed by atoms with Gasteiger partial charge in [0.05, 0.1) is 24.1 Å². The fraction of sp³-hybridized carbons (Fsp3) is 0.400. The lowest BCUT2D eigenvalue weighted by Crippen LogP contribution is -2.48. The van der Waals surface area contributed by atoms with Crippen molar-refractivity contribution in [3.8, 4) is 5.88 Å². The molecule has 150 valence electrons. The summed E-state index contributed by atoms with van der Waals surface area (Å²) in [6.07, 6.45) is 4.04. The van der Waals surface area contributed by atoms with Gasteiger partial charge in [0.25, 0.3) is 5.91 Å². The van der Waals surface area contributed by atoms with E-state index in [0.29, 0.717) is 31.3 Å². The van der Waals surface area contributed by atoms with Crippen LogP contribution in [-0.4, -0.2) is 76.5 Å². The number of benzene rings is 1. The molecule has 9 heteroatoms. The Morgan fingerprint density at radius 1 is 1.17 bits per heavy atom. The quantitative estimate of drug-likeness (QED) is 0.716. The minimum atomic E-state index is -0.0106. The Morgan fingerprint density at radius 3 is 2.83 bits per heavy atom. The van der Waals surface area contributed by atoms with Crippen molar-refractivity contribution in [3.05, 3.63) is 42.5 Å². The van der Waals surface area contributed by atoms with Gasteiger partial charge < -0.3 is 19.3 Å². The molecule has 1 atom stereocenters. The summed E-state index contributed by atoms with van der Waals surface area (Å²) in [6.45, 7) is 4.14. The molecule has 9 nitrogen and oxygen atoms in total. The number of anilines is 1. The number of amides is 1. The molecule has 4 heterocycles. The maximum absolute atomic E-state index is 12.5. The van der Waals surface area contributed by atoms with Crippen LogP contribution in [0.25, 0.3) is 10.9 Å². The third kappa shape index (κ3) is 3.61. The predicted octanol–water partition coefficient (Wildman–Crippen LogP) is 1.48. The maximum Gasteiger partial charge on any atom is 0.271 e. The molecule has 2 aliphatic heterocycles. The second-order valence-corrected chi connectivity index (χ2v) is 7.23. The topological polar surface area (TPSA) is 96.5 Å². The number of rotatable bonds is 4. The zero-order valence-corrected chi connectivity index (χ0v) is 16.0. The average Bonchev–Trinajstić information content (AvgIpc) is 3.48. The second-order valence-electron chi connectivity index (χ2n) is 7.23. The largest absolute Gasteiger partial charge is 0.471 e. The van der Waals surface area contributed by atoms with E-state index in [1.807, 2.05) is 11.0 Å². The minimum absolute atomic E-state index is 0.0106. The first-order valence-corrected chi connectivity index (χ1v) is 9.81. The van der Waals surface area contributed by atoms with E-state index in [1.165, 1.54) is 6.33 Å². The highest BCUT2D eigenvalue weighted by Crippen LogP contribution is 2.29. The van der Waals surface area contributed by atoms with Crippen molar-refractivity contribution >= 4 is 22.5 Å². The zero-order chi connectivity index (χ0) is 19.6. The summed E-state index contributed by atoms with van der Waals surface area (Å²) < 4.78 is 11.5. The normalized spacial score (nSPS) is 19.7. The van der Waals surface area contributed by atoms with E-state index in [9.17, 15) is 4.79 Å². The van der Waals surface area contributed by atoms with Crippen LogP contribution in [0.2, 0.25) is 0 Å². The molecule has 0 bridgehead atoms. The molecule has 5 rings (SSSR count). The first kappa shape index (κ1) is 17.9. The van der Waals surface area contributed by atoms with E-state index in [1.54, 1.807) is 12.3 Å². The third-order valence-electron chi connectivity index (χ3n) is 5.41. The summed E-state index contributed by atoms with van der Waals surface area (Å²) in [5, 5.41) is 7.50. The summed E-state index contributed by atoms with van der Waals surface area (Å²) in [7, 11) is 0. The predicted molar refractivity (Wildman–Crippen MR) is 106 cm³/mol. The minimum Gasteiger partial charge on any atom is -0.471 e.